The van der Waals surface area contributed by atoms with Crippen LogP contribution in [0.25, 0.3) is 22.2 Å². The maximum atomic E-state index is 5.90. The molecule has 0 bridgehead atoms. The quantitative estimate of drug-likeness (QED) is 0.677. The predicted molar refractivity (Wildman–Crippen MR) is 81.7 cm³/mol. The minimum Gasteiger partial charge on any atom is -0.490 e. The van der Waals surface area contributed by atoms with Gasteiger partial charge in [0.2, 0.25) is 5.95 Å². The molecule has 2 aromatic heterocycles. The van der Waals surface area contributed by atoms with Crippen LogP contribution in [0.3, 0.4) is 0 Å². The van der Waals surface area contributed by atoms with Gasteiger partial charge in [-0.2, -0.15) is 5.10 Å². The molecule has 0 aliphatic carbocycles. The van der Waals surface area contributed by atoms with Crippen molar-refractivity contribution in [1.82, 2.24) is 20.2 Å². The highest BCUT2D eigenvalue weighted by Gasteiger charge is 2.14. The molecule has 21 heavy (non-hydrogen) atoms. The Hall–Kier alpha value is -2.83. The molecule has 2 heterocycles. The molecule has 0 fully saturated rings. The summed E-state index contributed by atoms with van der Waals surface area (Å²) < 4.78 is 5.84. The number of nitrogens with two attached hydrogens (primary N) is 2. The summed E-state index contributed by atoms with van der Waals surface area (Å²) in [7, 11) is 0. The molecule has 0 radical (unpaired) electrons. The number of nitrogen functional groups attached to an aromatic ring is 2. The Labute approximate surface area is 121 Å². The smallest absolute Gasteiger partial charge is 0.220 e. The van der Waals surface area contributed by atoms with Crippen molar-refractivity contribution in [3.63, 3.8) is 0 Å². The van der Waals surface area contributed by atoms with Gasteiger partial charge >= 0.3 is 0 Å². The number of nitrogens with one attached hydrogen (secondary N) is 1. The van der Waals surface area contributed by atoms with Gasteiger partial charge in [-0.15, -0.1) is 0 Å². The number of fused-ring (bicyclic) bond motifs is 1. The number of hydrogen-bond acceptors (Lipinski definition) is 6. The van der Waals surface area contributed by atoms with E-state index in [-0.39, 0.29) is 12.1 Å². The van der Waals surface area contributed by atoms with Gasteiger partial charge in [0.25, 0.3) is 0 Å². The predicted octanol–water partition coefficient (Wildman–Crippen LogP) is 1.97. The largest absolute Gasteiger partial charge is 0.490 e. The lowest BCUT2D eigenvalue weighted by atomic mass is 10.1. The molecule has 0 amide bonds. The van der Waals surface area contributed by atoms with E-state index in [1.54, 1.807) is 12.3 Å². The van der Waals surface area contributed by atoms with E-state index in [0.717, 1.165) is 16.5 Å². The number of ether oxygens (including phenoxy) is 1. The zero-order chi connectivity index (χ0) is 15.0. The van der Waals surface area contributed by atoms with E-state index in [1.807, 2.05) is 26.0 Å². The molecule has 0 atom stereocenters. The SMILES string of the molecule is CC(C)Oc1cc(-c2ccnc(N)n2)cc2[nH]nc(N)c12. The maximum Gasteiger partial charge on any atom is 0.220 e. The molecule has 0 spiro atoms. The lowest BCUT2D eigenvalue weighted by Gasteiger charge is -2.12. The van der Waals surface area contributed by atoms with Crippen LogP contribution in [0.1, 0.15) is 13.8 Å². The van der Waals surface area contributed by atoms with Crippen molar-refractivity contribution in [1.29, 1.82) is 0 Å². The number of nitrogens with zero attached hydrogens (tertiary/aromatic N) is 3. The number of aromatic nitrogens is 4. The second-order valence-electron chi connectivity index (χ2n) is 4.97. The van der Waals surface area contributed by atoms with Gasteiger partial charge in [-0.25, -0.2) is 9.97 Å². The average molecular weight is 284 g/mol. The van der Waals surface area contributed by atoms with Crippen LogP contribution in [0.4, 0.5) is 11.8 Å². The molecule has 7 nitrogen and oxygen atoms in total. The molecule has 108 valence electrons. The first-order chi connectivity index (χ1) is 10.0. The first-order valence-electron chi connectivity index (χ1n) is 6.57. The summed E-state index contributed by atoms with van der Waals surface area (Å²) in [4.78, 5) is 8.12. The first kappa shape index (κ1) is 13.2. The third kappa shape index (κ3) is 2.45. The molecule has 0 unspecified atom stereocenters. The van der Waals surface area contributed by atoms with Crippen LogP contribution < -0.4 is 16.2 Å². The van der Waals surface area contributed by atoms with Crippen LogP contribution in [0, 0.1) is 0 Å². The zero-order valence-corrected chi connectivity index (χ0v) is 11.8. The van der Waals surface area contributed by atoms with Crippen LogP contribution in [-0.2, 0) is 0 Å². The normalized spacial score (nSPS) is 11.2. The molecular formula is C14H16N6O. The molecular weight excluding hydrogens is 268 g/mol. The van der Waals surface area contributed by atoms with E-state index in [1.165, 1.54) is 0 Å². The summed E-state index contributed by atoms with van der Waals surface area (Å²) in [5.74, 6) is 1.30. The summed E-state index contributed by atoms with van der Waals surface area (Å²) >= 11 is 0. The van der Waals surface area contributed by atoms with Crippen LogP contribution in [0.2, 0.25) is 0 Å². The van der Waals surface area contributed by atoms with Gasteiger partial charge in [-0.1, -0.05) is 0 Å². The van der Waals surface area contributed by atoms with Gasteiger partial charge < -0.3 is 16.2 Å². The standard InChI is InChI=1S/C14H16N6O/c1-7(2)21-11-6-8(9-3-4-17-14(16)18-9)5-10-12(11)13(15)20-19-10/h3-7H,1-2H3,(H3,15,19,20)(H2,16,17,18). The van der Waals surface area contributed by atoms with Crippen molar-refractivity contribution in [3.8, 4) is 17.0 Å². The number of anilines is 2. The second-order valence-corrected chi connectivity index (χ2v) is 4.97. The summed E-state index contributed by atoms with van der Waals surface area (Å²) in [5.41, 5.74) is 13.9. The van der Waals surface area contributed by atoms with Gasteiger partial charge in [-0.3, -0.25) is 5.10 Å². The minimum absolute atomic E-state index is 0.0215. The molecule has 0 aliphatic rings. The van der Waals surface area contributed by atoms with Crippen molar-refractivity contribution >= 4 is 22.7 Å². The molecule has 0 saturated heterocycles. The third-order valence-electron chi connectivity index (χ3n) is 2.99. The number of H-pyrrole nitrogens is 1. The molecule has 1 aromatic carbocycles. The highest BCUT2D eigenvalue weighted by Crippen LogP contribution is 2.34. The molecule has 0 saturated carbocycles. The summed E-state index contributed by atoms with van der Waals surface area (Å²) in [6.07, 6.45) is 1.64. The lowest BCUT2D eigenvalue weighted by Crippen LogP contribution is -2.06. The van der Waals surface area contributed by atoms with Crippen LogP contribution in [0.15, 0.2) is 24.4 Å². The average Bonchev–Trinajstić information content (AvgIpc) is 2.80. The highest BCUT2D eigenvalue weighted by molar-refractivity contribution is 5.97. The third-order valence-corrected chi connectivity index (χ3v) is 2.99. The Morgan fingerprint density at radius 3 is 2.76 bits per heavy atom. The van der Waals surface area contributed by atoms with Gasteiger partial charge in [0, 0.05) is 11.8 Å². The monoisotopic (exact) mass is 284 g/mol. The van der Waals surface area contributed by atoms with Gasteiger partial charge in [-0.05, 0) is 32.0 Å². The molecule has 5 N–H and O–H groups in total. The maximum absolute atomic E-state index is 5.90. The fourth-order valence-corrected chi connectivity index (χ4v) is 2.17. The van der Waals surface area contributed by atoms with E-state index in [9.17, 15) is 0 Å². The number of rotatable bonds is 3. The Morgan fingerprint density at radius 2 is 2.05 bits per heavy atom. The van der Waals surface area contributed by atoms with Crippen LogP contribution >= 0.6 is 0 Å². The Balaban J connectivity index is 2.20. The van der Waals surface area contributed by atoms with E-state index in [0.29, 0.717) is 17.3 Å². The van der Waals surface area contributed by atoms with Crippen molar-refractivity contribution in [2.75, 3.05) is 11.5 Å². The van der Waals surface area contributed by atoms with E-state index in [2.05, 4.69) is 20.2 Å². The summed E-state index contributed by atoms with van der Waals surface area (Å²) in [5, 5.41) is 7.70. The Kier molecular flexibility index (Phi) is 3.09. The van der Waals surface area contributed by atoms with E-state index in [4.69, 9.17) is 16.2 Å². The van der Waals surface area contributed by atoms with E-state index < -0.39 is 0 Å². The van der Waals surface area contributed by atoms with Gasteiger partial charge in [0.05, 0.1) is 22.7 Å². The highest BCUT2D eigenvalue weighted by atomic mass is 16.5. The van der Waals surface area contributed by atoms with Gasteiger partial charge in [0.15, 0.2) is 5.82 Å². The van der Waals surface area contributed by atoms with Gasteiger partial charge in [0.1, 0.15) is 5.75 Å². The zero-order valence-electron chi connectivity index (χ0n) is 11.8. The number of benzene rings is 1. The van der Waals surface area contributed by atoms with Crippen molar-refractivity contribution in [3.05, 3.63) is 24.4 Å². The lowest BCUT2D eigenvalue weighted by molar-refractivity contribution is 0.245. The fraction of sp³-hybridized carbons (Fsp3) is 0.214. The van der Waals surface area contributed by atoms with Crippen molar-refractivity contribution in [2.24, 2.45) is 0 Å². The minimum atomic E-state index is 0.0215. The van der Waals surface area contributed by atoms with Crippen LogP contribution in [0.5, 0.6) is 5.75 Å². The number of aromatic amines is 1. The van der Waals surface area contributed by atoms with Crippen LogP contribution in [-0.4, -0.2) is 26.3 Å². The summed E-state index contributed by atoms with van der Waals surface area (Å²) in [6.45, 7) is 3.91. The summed E-state index contributed by atoms with van der Waals surface area (Å²) in [6, 6.07) is 5.58. The Morgan fingerprint density at radius 1 is 1.24 bits per heavy atom. The number of hydrogen-bond donors (Lipinski definition) is 3. The van der Waals surface area contributed by atoms with E-state index >= 15 is 0 Å². The topological polar surface area (TPSA) is 116 Å². The molecule has 0 aliphatic heterocycles. The second kappa shape index (κ2) is 4.93. The molecule has 3 aromatic rings. The van der Waals surface area contributed by atoms with Crippen molar-refractivity contribution in [2.45, 2.75) is 20.0 Å². The molecule has 7 heteroatoms. The molecule has 3 rings (SSSR count). The first-order valence-corrected chi connectivity index (χ1v) is 6.57. The Bertz CT molecular complexity index is 795. The fourth-order valence-electron chi connectivity index (χ4n) is 2.17. The van der Waals surface area contributed by atoms with Crippen molar-refractivity contribution < 1.29 is 4.74 Å².